The van der Waals surface area contributed by atoms with E-state index in [9.17, 15) is 0 Å². The van der Waals surface area contributed by atoms with Crippen molar-refractivity contribution < 1.29 is 0 Å². The molecular formula is C8H18N2S. The lowest BCUT2D eigenvalue weighted by atomic mass is 10.3. The largest absolute Gasteiger partial charge is 0.387 e. The molecule has 0 heterocycles. The van der Waals surface area contributed by atoms with Gasteiger partial charge in [-0.05, 0) is 12.7 Å². The Kier molecular flexibility index (Phi) is 6.42. The number of aliphatic imine (C=N–C) groups is 1. The van der Waals surface area contributed by atoms with Gasteiger partial charge in [-0.25, -0.2) is 0 Å². The average molecular weight is 174 g/mol. The molecule has 66 valence electrons. The van der Waals surface area contributed by atoms with Crippen molar-refractivity contribution in [2.75, 3.05) is 12.0 Å². The Hall–Kier alpha value is -0.180. The molecule has 2 nitrogen and oxygen atoms in total. The summed E-state index contributed by atoms with van der Waals surface area (Å²) in [6.07, 6.45) is 4.05. The predicted octanol–water partition coefficient (Wildman–Crippen LogP) is 1.90. The Morgan fingerprint density at radius 1 is 1.55 bits per heavy atom. The first-order valence-corrected chi connectivity index (χ1v) is 5.45. The van der Waals surface area contributed by atoms with Gasteiger partial charge in [-0.3, -0.25) is 4.99 Å². The van der Waals surface area contributed by atoms with Gasteiger partial charge in [0.05, 0.1) is 11.9 Å². The summed E-state index contributed by atoms with van der Waals surface area (Å²) in [5.74, 6) is 1.86. The van der Waals surface area contributed by atoms with E-state index < -0.39 is 0 Å². The van der Waals surface area contributed by atoms with Gasteiger partial charge < -0.3 is 5.73 Å². The topological polar surface area (TPSA) is 38.4 Å². The minimum absolute atomic E-state index is 0.421. The maximum absolute atomic E-state index is 5.62. The summed E-state index contributed by atoms with van der Waals surface area (Å²) in [6, 6.07) is 0.421. The number of rotatable bonds is 5. The van der Waals surface area contributed by atoms with Crippen LogP contribution in [0.5, 0.6) is 0 Å². The molecule has 0 bridgehead atoms. The third-order valence-electron chi connectivity index (χ3n) is 1.54. The maximum Gasteiger partial charge on any atom is 0.0938 e. The monoisotopic (exact) mass is 174 g/mol. The van der Waals surface area contributed by atoms with Crippen LogP contribution in [0.3, 0.4) is 0 Å². The molecular weight excluding hydrogens is 156 g/mol. The van der Waals surface area contributed by atoms with Crippen molar-refractivity contribution in [3.05, 3.63) is 0 Å². The minimum Gasteiger partial charge on any atom is -0.387 e. The van der Waals surface area contributed by atoms with Crippen LogP contribution >= 0.6 is 11.8 Å². The van der Waals surface area contributed by atoms with Crippen LogP contribution < -0.4 is 5.73 Å². The van der Waals surface area contributed by atoms with E-state index in [-0.39, 0.29) is 0 Å². The molecule has 0 aromatic carbocycles. The molecule has 11 heavy (non-hydrogen) atoms. The fourth-order valence-corrected chi connectivity index (χ4v) is 1.46. The second-order valence-corrected chi connectivity index (χ2v) is 3.40. The van der Waals surface area contributed by atoms with E-state index in [1.54, 1.807) is 0 Å². The van der Waals surface area contributed by atoms with Gasteiger partial charge in [-0.2, -0.15) is 11.8 Å². The Labute approximate surface area is 73.7 Å². The van der Waals surface area contributed by atoms with Crippen molar-refractivity contribution in [2.24, 2.45) is 10.7 Å². The van der Waals surface area contributed by atoms with Crippen LogP contribution in [0.25, 0.3) is 0 Å². The molecule has 0 aromatic heterocycles. The summed E-state index contributed by atoms with van der Waals surface area (Å²) in [7, 11) is 0. The molecule has 0 aliphatic carbocycles. The number of nitrogens with two attached hydrogens (primary N) is 1. The van der Waals surface area contributed by atoms with Crippen LogP contribution in [-0.2, 0) is 0 Å². The zero-order chi connectivity index (χ0) is 8.69. The number of hydrogen-bond acceptors (Lipinski definition) is 2. The molecule has 3 heteroatoms. The van der Waals surface area contributed by atoms with E-state index in [1.807, 2.05) is 18.7 Å². The quantitative estimate of drug-likeness (QED) is 0.510. The highest BCUT2D eigenvalue weighted by atomic mass is 32.2. The number of amidine groups is 1. The smallest absolute Gasteiger partial charge is 0.0938 e. The molecule has 0 rings (SSSR count). The second kappa shape index (κ2) is 6.53. The summed E-state index contributed by atoms with van der Waals surface area (Å²) in [6.45, 7) is 4.18. The molecule has 0 saturated carbocycles. The highest BCUT2D eigenvalue weighted by Crippen LogP contribution is 2.05. The van der Waals surface area contributed by atoms with Crippen molar-refractivity contribution in [1.82, 2.24) is 0 Å². The molecule has 0 spiro atoms. The van der Waals surface area contributed by atoms with Crippen LogP contribution in [-0.4, -0.2) is 23.9 Å². The maximum atomic E-state index is 5.62. The molecule has 2 N–H and O–H groups in total. The average Bonchev–Trinajstić information content (AvgIpc) is 2.03. The summed E-state index contributed by atoms with van der Waals surface area (Å²) >= 11 is 1.82. The van der Waals surface area contributed by atoms with Gasteiger partial charge in [0, 0.05) is 12.2 Å². The summed E-state index contributed by atoms with van der Waals surface area (Å²) in [5, 5.41) is 0. The lowest BCUT2D eigenvalue weighted by Gasteiger charge is -2.08. The van der Waals surface area contributed by atoms with E-state index in [2.05, 4.69) is 18.2 Å². The van der Waals surface area contributed by atoms with Gasteiger partial charge in [0.15, 0.2) is 0 Å². The van der Waals surface area contributed by atoms with Crippen molar-refractivity contribution in [2.45, 2.75) is 32.7 Å². The Morgan fingerprint density at radius 2 is 2.18 bits per heavy atom. The number of thioether (sulfide) groups is 1. The lowest BCUT2D eigenvalue weighted by Crippen LogP contribution is -2.16. The Balaban J connectivity index is 3.84. The molecule has 0 radical (unpaired) electrons. The second-order valence-electron chi connectivity index (χ2n) is 2.49. The van der Waals surface area contributed by atoms with E-state index in [0.717, 1.165) is 24.4 Å². The van der Waals surface area contributed by atoms with Crippen molar-refractivity contribution in [3.8, 4) is 0 Å². The van der Waals surface area contributed by atoms with E-state index >= 15 is 0 Å². The molecule has 0 aliphatic rings. The highest BCUT2D eigenvalue weighted by molar-refractivity contribution is 7.98. The standard InChI is InChI=1S/C8H18N2S/c1-4-7(6-11-3)10-8(9)5-2/h7H,4-6H2,1-3H3,(H2,9,10). The summed E-state index contributed by atoms with van der Waals surface area (Å²) in [5.41, 5.74) is 5.62. The molecule has 0 amide bonds. The van der Waals surface area contributed by atoms with Crippen molar-refractivity contribution >= 4 is 17.6 Å². The van der Waals surface area contributed by atoms with Crippen LogP contribution in [0.15, 0.2) is 4.99 Å². The zero-order valence-electron chi connectivity index (χ0n) is 7.63. The van der Waals surface area contributed by atoms with Gasteiger partial charge >= 0.3 is 0 Å². The minimum atomic E-state index is 0.421. The van der Waals surface area contributed by atoms with Gasteiger partial charge in [0.25, 0.3) is 0 Å². The Bertz CT molecular complexity index is 123. The SMILES string of the molecule is CCC(N)=NC(CC)CSC. The molecule has 0 saturated heterocycles. The first-order valence-electron chi connectivity index (χ1n) is 4.05. The van der Waals surface area contributed by atoms with Crippen molar-refractivity contribution in [1.29, 1.82) is 0 Å². The fraction of sp³-hybridized carbons (Fsp3) is 0.875. The summed E-state index contributed by atoms with van der Waals surface area (Å²) in [4.78, 5) is 4.38. The van der Waals surface area contributed by atoms with Gasteiger partial charge in [0.1, 0.15) is 0 Å². The van der Waals surface area contributed by atoms with E-state index in [1.165, 1.54) is 0 Å². The first kappa shape index (κ1) is 10.8. The highest BCUT2D eigenvalue weighted by Gasteiger charge is 2.02. The molecule has 0 fully saturated rings. The third kappa shape index (κ3) is 5.13. The van der Waals surface area contributed by atoms with Crippen LogP contribution in [0, 0.1) is 0 Å². The molecule has 1 atom stereocenters. The summed E-state index contributed by atoms with van der Waals surface area (Å²) < 4.78 is 0. The Morgan fingerprint density at radius 3 is 2.55 bits per heavy atom. The van der Waals surface area contributed by atoms with Gasteiger partial charge in [0.2, 0.25) is 0 Å². The fourth-order valence-electron chi connectivity index (χ4n) is 0.765. The number of hydrogen-bond donors (Lipinski definition) is 1. The number of nitrogens with zero attached hydrogens (tertiary/aromatic N) is 1. The van der Waals surface area contributed by atoms with Gasteiger partial charge in [-0.15, -0.1) is 0 Å². The zero-order valence-corrected chi connectivity index (χ0v) is 8.45. The van der Waals surface area contributed by atoms with E-state index in [4.69, 9.17) is 5.73 Å². The van der Waals surface area contributed by atoms with Crippen molar-refractivity contribution in [3.63, 3.8) is 0 Å². The molecule has 0 aliphatic heterocycles. The lowest BCUT2D eigenvalue weighted by molar-refractivity contribution is 0.723. The van der Waals surface area contributed by atoms with E-state index in [0.29, 0.717) is 6.04 Å². The first-order chi connectivity index (χ1) is 5.24. The van der Waals surface area contributed by atoms with Crippen LogP contribution in [0.4, 0.5) is 0 Å². The van der Waals surface area contributed by atoms with Gasteiger partial charge in [-0.1, -0.05) is 13.8 Å². The predicted molar refractivity (Wildman–Crippen MR) is 54.4 cm³/mol. The molecule has 0 aromatic rings. The normalized spacial score (nSPS) is 15.0. The van der Waals surface area contributed by atoms with Crippen LogP contribution in [0.1, 0.15) is 26.7 Å². The molecule has 1 unspecified atom stereocenters. The third-order valence-corrected chi connectivity index (χ3v) is 2.26. The van der Waals surface area contributed by atoms with Crippen LogP contribution in [0.2, 0.25) is 0 Å².